The van der Waals surface area contributed by atoms with Crippen LogP contribution in [-0.4, -0.2) is 27.8 Å². The van der Waals surface area contributed by atoms with Crippen LogP contribution in [0.3, 0.4) is 0 Å². The fourth-order valence-electron chi connectivity index (χ4n) is 1.66. The fraction of sp³-hybridized carbons (Fsp3) is 0.667. The monoisotopic (exact) mass is 223 g/mol. The van der Waals surface area contributed by atoms with Crippen molar-refractivity contribution in [1.82, 2.24) is 15.3 Å². The number of ketones is 1. The lowest BCUT2D eigenvalue weighted by molar-refractivity contribution is -0.124. The van der Waals surface area contributed by atoms with Crippen LogP contribution < -0.4 is 5.32 Å². The average Bonchev–Trinajstić information content (AvgIpc) is 2.67. The van der Waals surface area contributed by atoms with Gasteiger partial charge < -0.3 is 10.3 Å². The predicted molar refractivity (Wildman–Crippen MR) is 64.2 cm³/mol. The van der Waals surface area contributed by atoms with Crippen LogP contribution in [-0.2, 0) is 11.2 Å². The minimum absolute atomic E-state index is 0.0511. The number of hydrogen-bond acceptors (Lipinski definition) is 3. The molecule has 4 heteroatoms. The highest BCUT2D eigenvalue weighted by Gasteiger charge is 2.22. The predicted octanol–water partition coefficient (Wildman–Crippen LogP) is 1.54. The molecule has 0 unspecified atom stereocenters. The molecule has 0 saturated carbocycles. The van der Waals surface area contributed by atoms with Crippen LogP contribution in [0.4, 0.5) is 0 Å². The third-order valence-corrected chi connectivity index (χ3v) is 2.42. The van der Waals surface area contributed by atoms with E-state index in [-0.39, 0.29) is 17.7 Å². The van der Waals surface area contributed by atoms with Crippen LogP contribution in [0.1, 0.15) is 33.4 Å². The lowest BCUT2D eigenvalue weighted by atomic mass is 9.97. The molecule has 0 radical (unpaired) electrons. The first kappa shape index (κ1) is 12.9. The number of nitrogens with zero attached hydrogens (tertiary/aromatic N) is 1. The Hall–Kier alpha value is -1.16. The minimum atomic E-state index is -0.136. The number of H-pyrrole nitrogens is 1. The van der Waals surface area contributed by atoms with Gasteiger partial charge in [-0.25, -0.2) is 4.98 Å². The minimum Gasteiger partial charge on any atom is -0.351 e. The molecule has 0 aliphatic heterocycles. The van der Waals surface area contributed by atoms with Crippen molar-refractivity contribution in [1.29, 1.82) is 0 Å². The van der Waals surface area contributed by atoms with Gasteiger partial charge in [-0.1, -0.05) is 27.7 Å². The topological polar surface area (TPSA) is 57.8 Å². The zero-order chi connectivity index (χ0) is 12.1. The van der Waals surface area contributed by atoms with E-state index in [2.05, 4.69) is 15.3 Å². The van der Waals surface area contributed by atoms with Gasteiger partial charge in [-0.3, -0.25) is 4.79 Å². The molecular weight excluding hydrogens is 202 g/mol. The van der Waals surface area contributed by atoms with Crippen molar-refractivity contribution < 1.29 is 4.79 Å². The normalized spacial score (nSPS) is 13.4. The quantitative estimate of drug-likeness (QED) is 0.769. The Balaban J connectivity index is 2.67. The van der Waals surface area contributed by atoms with Crippen molar-refractivity contribution in [3.05, 3.63) is 18.2 Å². The van der Waals surface area contributed by atoms with Crippen molar-refractivity contribution in [3.63, 3.8) is 0 Å². The molecule has 0 amide bonds. The first-order chi connectivity index (χ1) is 7.50. The third-order valence-electron chi connectivity index (χ3n) is 2.42. The number of carbonyl (C=O) groups is 1. The van der Waals surface area contributed by atoms with E-state index in [9.17, 15) is 4.79 Å². The average molecular weight is 223 g/mol. The highest BCUT2D eigenvalue weighted by molar-refractivity contribution is 5.86. The van der Waals surface area contributed by atoms with Crippen molar-refractivity contribution in [2.45, 2.75) is 46.2 Å². The summed E-state index contributed by atoms with van der Waals surface area (Å²) >= 11 is 0. The van der Waals surface area contributed by atoms with E-state index in [1.807, 2.05) is 33.9 Å². The number of nitrogens with one attached hydrogen (secondary N) is 2. The number of aromatic amines is 1. The molecule has 1 rings (SSSR count). The highest BCUT2D eigenvalue weighted by Crippen LogP contribution is 2.06. The molecular formula is C12H21N3O. The molecule has 1 heterocycles. The Morgan fingerprint density at radius 3 is 2.56 bits per heavy atom. The van der Waals surface area contributed by atoms with E-state index in [0.29, 0.717) is 12.5 Å². The third kappa shape index (κ3) is 3.77. The summed E-state index contributed by atoms with van der Waals surface area (Å²) in [6.07, 6.45) is 4.13. The summed E-state index contributed by atoms with van der Waals surface area (Å²) in [5.41, 5.74) is 0.923. The van der Waals surface area contributed by atoms with Gasteiger partial charge in [0.25, 0.3) is 0 Å². The van der Waals surface area contributed by atoms with Crippen LogP contribution in [0.5, 0.6) is 0 Å². The van der Waals surface area contributed by atoms with Crippen LogP contribution in [0.25, 0.3) is 0 Å². The standard InChI is InChI=1S/C12H21N3O/c1-8(2)12(16)11(15-9(3)4)5-10-6-13-7-14-10/h6-9,11,15H,5H2,1-4H3,(H,13,14)/t11-/m0/s1. The summed E-state index contributed by atoms with van der Waals surface area (Å²) in [6.45, 7) is 7.96. The zero-order valence-electron chi connectivity index (χ0n) is 10.4. The molecule has 90 valence electrons. The summed E-state index contributed by atoms with van der Waals surface area (Å²) in [6, 6.07) is 0.162. The Bertz CT molecular complexity index is 317. The maximum atomic E-state index is 12.0. The van der Waals surface area contributed by atoms with E-state index < -0.39 is 0 Å². The molecule has 0 spiro atoms. The number of Topliss-reactive ketones (excluding diaryl/α,β-unsaturated/α-hetero) is 1. The summed E-state index contributed by atoms with van der Waals surface area (Å²) in [4.78, 5) is 19.1. The van der Waals surface area contributed by atoms with Gasteiger partial charge in [0.15, 0.2) is 5.78 Å². The van der Waals surface area contributed by atoms with E-state index in [1.165, 1.54) is 0 Å². The van der Waals surface area contributed by atoms with Gasteiger partial charge in [0.2, 0.25) is 0 Å². The molecule has 0 bridgehead atoms. The summed E-state index contributed by atoms with van der Waals surface area (Å²) < 4.78 is 0. The number of carbonyl (C=O) groups excluding carboxylic acids is 1. The Labute approximate surface area is 96.9 Å². The smallest absolute Gasteiger partial charge is 0.152 e. The Morgan fingerprint density at radius 1 is 1.44 bits per heavy atom. The van der Waals surface area contributed by atoms with Gasteiger partial charge in [-0.05, 0) is 0 Å². The number of rotatable bonds is 6. The van der Waals surface area contributed by atoms with Gasteiger partial charge in [-0.15, -0.1) is 0 Å². The molecule has 0 aromatic carbocycles. The van der Waals surface area contributed by atoms with Crippen molar-refractivity contribution >= 4 is 5.78 Å². The first-order valence-electron chi connectivity index (χ1n) is 5.78. The van der Waals surface area contributed by atoms with Crippen LogP contribution in [0, 0.1) is 5.92 Å². The van der Waals surface area contributed by atoms with E-state index >= 15 is 0 Å². The molecule has 4 nitrogen and oxygen atoms in total. The van der Waals surface area contributed by atoms with E-state index in [4.69, 9.17) is 0 Å². The molecule has 1 aromatic rings. The Morgan fingerprint density at radius 2 is 2.12 bits per heavy atom. The van der Waals surface area contributed by atoms with Crippen LogP contribution in [0.15, 0.2) is 12.5 Å². The maximum Gasteiger partial charge on any atom is 0.152 e. The van der Waals surface area contributed by atoms with Gasteiger partial charge in [0.1, 0.15) is 0 Å². The van der Waals surface area contributed by atoms with Gasteiger partial charge >= 0.3 is 0 Å². The highest BCUT2D eigenvalue weighted by atomic mass is 16.1. The molecule has 1 atom stereocenters. The molecule has 16 heavy (non-hydrogen) atoms. The van der Waals surface area contributed by atoms with Gasteiger partial charge in [0, 0.05) is 24.6 Å². The molecule has 0 aliphatic rings. The van der Waals surface area contributed by atoms with Crippen LogP contribution in [0.2, 0.25) is 0 Å². The first-order valence-corrected chi connectivity index (χ1v) is 5.78. The number of aromatic nitrogens is 2. The second-order valence-corrected chi connectivity index (χ2v) is 4.70. The fourth-order valence-corrected chi connectivity index (χ4v) is 1.66. The van der Waals surface area contributed by atoms with Crippen molar-refractivity contribution in [2.75, 3.05) is 0 Å². The second kappa shape index (κ2) is 5.80. The number of imidazole rings is 1. The SMILES string of the molecule is CC(C)N[C@@H](Cc1c[nH]cn1)C(=O)C(C)C. The zero-order valence-corrected chi connectivity index (χ0v) is 10.4. The van der Waals surface area contributed by atoms with E-state index in [1.54, 1.807) is 6.33 Å². The Kier molecular flexibility index (Phi) is 4.68. The molecule has 2 N–H and O–H groups in total. The second-order valence-electron chi connectivity index (χ2n) is 4.70. The lowest BCUT2D eigenvalue weighted by Crippen LogP contribution is -2.44. The summed E-state index contributed by atoms with van der Waals surface area (Å²) in [7, 11) is 0. The molecule has 0 saturated heterocycles. The molecule has 0 aliphatic carbocycles. The molecule has 0 fully saturated rings. The lowest BCUT2D eigenvalue weighted by Gasteiger charge is -2.21. The van der Waals surface area contributed by atoms with Gasteiger partial charge in [0.05, 0.1) is 18.1 Å². The van der Waals surface area contributed by atoms with Crippen LogP contribution >= 0.6 is 0 Å². The maximum absolute atomic E-state index is 12.0. The number of hydrogen-bond donors (Lipinski definition) is 2. The van der Waals surface area contributed by atoms with Gasteiger partial charge in [-0.2, -0.15) is 0 Å². The molecule has 1 aromatic heterocycles. The largest absolute Gasteiger partial charge is 0.351 e. The van der Waals surface area contributed by atoms with Crippen molar-refractivity contribution in [3.8, 4) is 0 Å². The van der Waals surface area contributed by atoms with Crippen molar-refractivity contribution in [2.24, 2.45) is 5.92 Å². The summed E-state index contributed by atoms with van der Waals surface area (Å²) in [5.74, 6) is 0.298. The van der Waals surface area contributed by atoms with E-state index in [0.717, 1.165) is 5.69 Å². The summed E-state index contributed by atoms with van der Waals surface area (Å²) in [5, 5.41) is 3.30.